The molecule has 142 valence electrons. The summed E-state index contributed by atoms with van der Waals surface area (Å²) in [6.45, 7) is 3.73. The summed E-state index contributed by atoms with van der Waals surface area (Å²) in [6, 6.07) is 5.31. The van der Waals surface area contributed by atoms with Crippen LogP contribution >= 0.6 is 23.4 Å². The second kappa shape index (κ2) is 8.06. The molecule has 0 aliphatic heterocycles. The van der Waals surface area contributed by atoms with Gasteiger partial charge in [0.05, 0.1) is 30.4 Å². The molecule has 0 radical (unpaired) electrons. The van der Waals surface area contributed by atoms with E-state index in [4.69, 9.17) is 20.8 Å². The molecule has 7 nitrogen and oxygen atoms in total. The number of aromatic nitrogens is 3. The van der Waals surface area contributed by atoms with Gasteiger partial charge < -0.3 is 19.0 Å². The molecule has 2 heterocycles. The lowest BCUT2D eigenvalue weighted by Crippen LogP contribution is -2.15. The van der Waals surface area contributed by atoms with Gasteiger partial charge in [-0.25, -0.2) is 0 Å². The highest BCUT2D eigenvalue weighted by Crippen LogP contribution is 2.31. The van der Waals surface area contributed by atoms with E-state index in [0.717, 1.165) is 16.9 Å². The van der Waals surface area contributed by atoms with Gasteiger partial charge in [-0.15, -0.1) is 10.2 Å². The lowest BCUT2D eigenvalue weighted by atomic mass is 10.2. The first-order valence-corrected chi connectivity index (χ1v) is 9.47. The number of carbonyl (C=O) groups is 1. The van der Waals surface area contributed by atoms with Gasteiger partial charge in [0.25, 0.3) is 0 Å². The molecule has 9 heteroatoms. The highest BCUT2D eigenvalue weighted by molar-refractivity contribution is 7.99. The van der Waals surface area contributed by atoms with E-state index in [2.05, 4.69) is 15.5 Å². The molecule has 0 saturated carbocycles. The number of rotatable bonds is 6. The van der Waals surface area contributed by atoms with Gasteiger partial charge in [-0.2, -0.15) is 0 Å². The number of thioether (sulfide) groups is 1. The molecule has 2 aromatic heterocycles. The standard InChI is InChI=1S/C18H19ClN4O3S/c1-10-7-14(15(25-4)8-13(10)19)20-16(24)9-27-18-22-21-17(23(18)3)12-5-6-26-11(12)2/h5-8H,9H2,1-4H3,(H,20,24). The van der Waals surface area contributed by atoms with Gasteiger partial charge >= 0.3 is 0 Å². The fraction of sp³-hybridized carbons (Fsp3) is 0.278. The molecule has 3 rings (SSSR count). The average molecular weight is 407 g/mol. The molecule has 0 aliphatic carbocycles. The van der Waals surface area contributed by atoms with Gasteiger partial charge in [0.2, 0.25) is 5.91 Å². The van der Waals surface area contributed by atoms with Crippen LogP contribution in [0.3, 0.4) is 0 Å². The van der Waals surface area contributed by atoms with Crippen molar-refractivity contribution in [2.24, 2.45) is 7.05 Å². The van der Waals surface area contributed by atoms with E-state index < -0.39 is 0 Å². The van der Waals surface area contributed by atoms with E-state index in [0.29, 0.717) is 27.4 Å². The predicted octanol–water partition coefficient (Wildman–Crippen LogP) is 4.08. The van der Waals surface area contributed by atoms with Gasteiger partial charge in [-0.3, -0.25) is 4.79 Å². The first-order valence-electron chi connectivity index (χ1n) is 8.11. The van der Waals surface area contributed by atoms with Crippen molar-refractivity contribution in [3.63, 3.8) is 0 Å². The highest BCUT2D eigenvalue weighted by Gasteiger charge is 2.16. The number of ether oxygens (including phenoxy) is 1. The third kappa shape index (κ3) is 4.12. The van der Waals surface area contributed by atoms with Gasteiger partial charge in [0, 0.05) is 18.1 Å². The third-order valence-electron chi connectivity index (χ3n) is 4.02. The van der Waals surface area contributed by atoms with Crippen LogP contribution in [0.2, 0.25) is 5.02 Å². The molecule has 0 saturated heterocycles. The number of methoxy groups -OCH3 is 1. The summed E-state index contributed by atoms with van der Waals surface area (Å²) in [6.07, 6.45) is 1.61. The Hall–Kier alpha value is -2.45. The molecule has 0 bridgehead atoms. The molecule has 1 amide bonds. The third-order valence-corrected chi connectivity index (χ3v) is 5.45. The van der Waals surface area contributed by atoms with Gasteiger partial charge in [0.1, 0.15) is 11.5 Å². The first kappa shape index (κ1) is 19.3. The van der Waals surface area contributed by atoms with Crippen LogP contribution in [-0.2, 0) is 11.8 Å². The molecule has 1 N–H and O–H groups in total. The summed E-state index contributed by atoms with van der Waals surface area (Å²) >= 11 is 7.39. The van der Waals surface area contributed by atoms with Gasteiger partial charge in [0.15, 0.2) is 11.0 Å². The molecule has 1 aromatic carbocycles. The Balaban J connectivity index is 1.68. The van der Waals surface area contributed by atoms with Crippen LogP contribution in [-0.4, -0.2) is 33.5 Å². The van der Waals surface area contributed by atoms with Crippen molar-refractivity contribution in [1.82, 2.24) is 14.8 Å². The van der Waals surface area contributed by atoms with Crippen molar-refractivity contribution in [2.45, 2.75) is 19.0 Å². The zero-order valence-corrected chi connectivity index (χ0v) is 16.9. The van der Waals surface area contributed by atoms with E-state index in [9.17, 15) is 4.79 Å². The number of hydrogen-bond donors (Lipinski definition) is 1. The summed E-state index contributed by atoms with van der Waals surface area (Å²) in [7, 11) is 3.39. The summed E-state index contributed by atoms with van der Waals surface area (Å²) < 4.78 is 12.4. The van der Waals surface area contributed by atoms with Crippen molar-refractivity contribution in [2.75, 3.05) is 18.2 Å². The van der Waals surface area contributed by atoms with E-state index in [1.54, 1.807) is 18.4 Å². The second-order valence-corrected chi connectivity index (χ2v) is 7.24. The maximum absolute atomic E-state index is 12.4. The molecule has 0 spiro atoms. The van der Waals surface area contributed by atoms with E-state index in [1.165, 1.54) is 18.9 Å². The maximum atomic E-state index is 12.4. The van der Waals surface area contributed by atoms with Crippen LogP contribution in [0, 0.1) is 13.8 Å². The fourth-order valence-electron chi connectivity index (χ4n) is 2.54. The quantitative estimate of drug-likeness (QED) is 0.621. The van der Waals surface area contributed by atoms with Crippen molar-refractivity contribution in [1.29, 1.82) is 0 Å². The van der Waals surface area contributed by atoms with Gasteiger partial charge in [-0.05, 0) is 31.5 Å². The number of carbonyl (C=O) groups excluding carboxylic acids is 1. The minimum Gasteiger partial charge on any atom is -0.495 e. The summed E-state index contributed by atoms with van der Waals surface area (Å²) in [5.74, 6) is 1.98. The van der Waals surface area contributed by atoms with Crippen LogP contribution in [0.15, 0.2) is 34.0 Å². The van der Waals surface area contributed by atoms with Crippen molar-refractivity contribution in [3.8, 4) is 17.1 Å². The Kier molecular flexibility index (Phi) is 5.76. The smallest absolute Gasteiger partial charge is 0.234 e. The Bertz CT molecular complexity index is 983. The number of aryl methyl sites for hydroxylation is 2. The number of nitrogens with one attached hydrogen (secondary N) is 1. The Morgan fingerprint density at radius 2 is 2.15 bits per heavy atom. The van der Waals surface area contributed by atoms with Crippen LogP contribution in [0.1, 0.15) is 11.3 Å². The van der Waals surface area contributed by atoms with Crippen molar-refractivity contribution < 1.29 is 13.9 Å². The zero-order valence-electron chi connectivity index (χ0n) is 15.4. The molecule has 0 aliphatic rings. The topological polar surface area (TPSA) is 82.2 Å². The summed E-state index contributed by atoms with van der Waals surface area (Å²) in [5, 5.41) is 12.4. The Morgan fingerprint density at radius 1 is 1.37 bits per heavy atom. The number of anilines is 1. The molecule has 27 heavy (non-hydrogen) atoms. The predicted molar refractivity (Wildman–Crippen MR) is 106 cm³/mol. The summed E-state index contributed by atoms with van der Waals surface area (Å²) in [5.41, 5.74) is 2.31. The molecular formula is C18H19ClN4O3S. The number of furan rings is 1. The van der Waals surface area contributed by atoms with Crippen LogP contribution in [0.25, 0.3) is 11.4 Å². The first-order chi connectivity index (χ1) is 12.9. The van der Waals surface area contributed by atoms with Crippen LogP contribution < -0.4 is 10.1 Å². The van der Waals surface area contributed by atoms with Crippen molar-refractivity contribution >= 4 is 35.0 Å². The van der Waals surface area contributed by atoms with Crippen LogP contribution in [0.4, 0.5) is 5.69 Å². The SMILES string of the molecule is COc1cc(Cl)c(C)cc1NC(=O)CSc1nnc(-c2ccoc2C)n1C. The average Bonchev–Trinajstić information content (AvgIpc) is 3.21. The lowest BCUT2D eigenvalue weighted by Gasteiger charge is -2.12. The Morgan fingerprint density at radius 3 is 2.81 bits per heavy atom. The fourth-order valence-corrected chi connectivity index (χ4v) is 3.40. The maximum Gasteiger partial charge on any atom is 0.234 e. The Labute approximate surface area is 166 Å². The lowest BCUT2D eigenvalue weighted by molar-refractivity contribution is -0.113. The number of nitrogens with zero attached hydrogens (tertiary/aromatic N) is 3. The molecule has 0 atom stereocenters. The molecule has 3 aromatic rings. The number of halogens is 1. The van der Waals surface area contributed by atoms with Gasteiger partial charge in [-0.1, -0.05) is 23.4 Å². The largest absolute Gasteiger partial charge is 0.495 e. The minimum atomic E-state index is -0.177. The molecule has 0 unspecified atom stereocenters. The van der Waals surface area contributed by atoms with Crippen molar-refractivity contribution in [3.05, 3.63) is 40.8 Å². The second-order valence-electron chi connectivity index (χ2n) is 5.89. The molecular weight excluding hydrogens is 388 g/mol. The normalized spacial score (nSPS) is 10.9. The van der Waals surface area contributed by atoms with E-state index in [1.807, 2.05) is 31.5 Å². The number of benzene rings is 1. The van der Waals surface area contributed by atoms with E-state index >= 15 is 0 Å². The monoisotopic (exact) mass is 406 g/mol. The van der Waals surface area contributed by atoms with E-state index in [-0.39, 0.29) is 11.7 Å². The summed E-state index contributed by atoms with van der Waals surface area (Å²) in [4.78, 5) is 12.4. The van der Waals surface area contributed by atoms with Crippen LogP contribution in [0.5, 0.6) is 5.75 Å². The highest BCUT2D eigenvalue weighted by atomic mass is 35.5. The minimum absolute atomic E-state index is 0.177. The number of amides is 1. The number of hydrogen-bond acceptors (Lipinski definition) is 6. The zero-order chi connectivity index (χ0) is 19.6. The molecule has 0 fully saturated rings.